The Morgan fingerprint density at radius 1 is 1.13 bits per heavy atom. The number of anilines is 1. The molecule has 1 aliphatic rings. The molecule has 9 heteroatoms. The van der Waals surface area contributed by atoms with Crippen molar-refractivity contribution < 1.29 is 19.4 Å². The maximum Gasteiger partial charge on any atom is 0.409 e. The number of rotatable bonds is 7. The molecule has 2 amide bonds. The van der Waals surface area contributed by atoms with Gasteiger partial charge in [-0.1, -0.05) is 30.3 Å². The van der Waals surface area contributed by atoms with Crippen molar-refractivity contribution in [2.45, 2.75) is 39.3 Å². The Kier molecular flexibility index (Phi) is 7.18. The third kappa shape index (κ3) is 6.15. The maximum absolute atomic E-state index is 12.2. The lowest BCUT2D eigenvalue weighted by atomic mass is 10.0. The predicted octanol–water partition coefficient (Wildman–Crippen LogP) is 2.34. The summed E-state index contributed by atoms with van der Waals surface area (Å²) in [5.41, 5.74) is 2.49. The highest BCUT2D eigenvalue weighted by atomic mass is 16.5. The minimum absolute atomic E-state index is 0.0498. The van der Waals surface area contributed by atoms with Crippen LogP contribution in [0.4, 0.5) is 10.5 Å². The molecule has 1 aromatic carbocycles. The smallest absolute Gasteiger partial charge is 0.409 e. The molecule has 0 saturated carbocycles. The van der Waals surface area contributed by atoms with Gasteiger partial charge in [0.05, 0.1) is 17.1 Å². The van der Waals surface area contributed by atoms with Crippen molar-refractivity contribution in [3.8, 4) is 6.01 Å². The summed E-state index contributed by atoms with van der Waals surface area (Å²) in [6.45, 7) is 5.90. The van der Waals surface area contributed by atoms with Crippen LogP contribution in [0.3, 0.4) is 0 Å². The number of hydrogen-bond donors (Lipinski definition) is 3. The monoisotopic (exact) mass is 413 g/mol. The highest BCUT2D eigenvalue weighted by Gasteiger charge is 2.21. The zero-order valence-electron chi connectivity index (χ0n) is 17.2. The summed E-state index contributed by atoms with van der Waals surface area (Å²) < 4.78 is 5.41. The Hall–Kier alpha value is -3.20. The lowest BCUT2D eigenvalue weighted by Crippen LogP contribution is -2.45. The van der Waals surface area contributed by atoms with E-state index in [2.05, 4.69) is 37.6 Å². The molecule has 30 heavy (non-hydrogen) atoms. The van der Waals surface area contributed by atoms with Gasteiger partial charge >= 0.3 is 12.1 Å². The number of benzene rings is 1. The van der Waals surface area contributed by atoms with Gasteiger partial charge in [0.15, 0.2) is 6.61 Å². The molecule has 3 rings (SSSR count). The fourth-order valence-corrected chi connectivity index (χ4v) is 3.51. The first-order valence-electron chi connectivity index (χ1n) is 9.94. The Bertz CT molecular complexity index is 859. The van der Waals surface area contributed by atoms with Crippen molar-refractivity contribution in [2.75, 3.05) is 25.0 Å². The highest BCUT2D eigenvalue weighted by molar-refractivity contribution is 5.84. The molecule has 1 fully saturated rings. The molecule has 0 bridgehead atoms. The zero-order valence-corrected chi connectivity index (χ0v) is 17.2. The molecule has 0 atom stereocenters. The van der Waals surface area contributed by atoms with Crippen LogP contribution in [0.15, 0.2) is 30.3 Å². The molecule has 0 radical (unpaired) electrons. The number of carboxylic acid groups (broad SMARTS) is 1. The summed E-state index contributed by atoms with van der Waals surface area (Å²) in [6, 6.07) is 10.5. The average Bonchev–Trinajstić information content (AvgIpc) is 2.71. The highest BCUT2D eigenvalue weighted by Crippen LogP contribution is 2.19. The van der Waals surface area contributed by atoms with E-state index in [1.807, 2.05) is 18.2 Å². The maximum atomic E-state index is 12.2. The molecular formula is C21H27N5O4. The molecule has 1 saturated heterocycles. The van der Waals surface area contributed by atoms with Crippen LogP contribution in [-0.2, 0) is 11.3 Å². The normalized spacial score (nSPS) is 14.9. The van der Waals surface area contributed by atoms with Crippen LogP contribution >= 0.6 is 0 Å². The average molecular weight is 413 g/mol. The second-order valence-corrected chi connectivity index (χ2v) is 7.37. The fourth-order valence-electron chi connectivity index (χ4n) is 3.51. The van der Waals surface area contributed by atoms with Gasteiger partial charge < -0.3 is 15.2 Å². The van der Waals surface area contributed by atoms with E-state index in [9.17, 15) is 9.59 Å². The summed E-state index contributed by atoms with van der Waals surface area (Å²) in [4.78, 5) is 33.7. The van der Waals surface area contributed by atoms with Crippen LogP contribution in [0.1, 0.15) is 29.8 Å². The lowest BCUT2D eigenvalue weighted by Gasteiger charge is -2.32. The van der Waals surface area contributed by atoms with Gasteiger partial charge in [-0.3, -0.25) is 15.0 Å². The molecule has 9 nitrogen and oxygen atoms in total. The molecular weight excluding hydrogens is 386 g/mol. The number of hydrogen-bond acceptors (Lipinski definition) is 6. The first-order valence-corrected chi connectivity index (χ1v) is 9.94. The molecule has 0 unspecified atom stereocenters. The molecule has 0 spiro atoms. The second-order valence-electron chi connectivity index (χ2n) is 7.37. The third-order valence-corrected chi connectivity index (χ3v) is 5.02. The van der Waals surface area contributed by atoms with Crippen LogP contribution in [0.2, 0.25) is 0 Å². The van der Waals surface area contributed by atoms with Gasteiger partial charge in [0.2, 0.25) is 0 Å². The van der Waals surface area contributed by atoms with Crippen molar-refractivity contribution in [1.82, 2.24) is 20.2 Å². The predicted molar refractivity (Wildman–Crippen MR) is 112 cm³/mol. The van der Waals surface area contributed by atoms with Gasteiger partial charge in [-0.15, -0.1) is 0 Å². The zero-order chi connectivity index (χ0) is 21.5. The SMILES string of the molecule is Cc1nc(OCC(=O)NC2CCN(Cc3ccccc3)CC2)nc(C)c1NC(=O)O. The molecule has 160 valence electrons. The van der Waals surface area contributed by atoms with Crippen molar-refractivity contribution in [1.29, 1.82) is 0 Å². The summed E-state index contributed by atoms with van der Waals surface area (Å²) in [6.07, 6.45) is 0.596. The van der Waals surface area contributed by atoms with E-state index in [1.165, 1.54) is 5.56 Å². The Balaban J connectivity index is 1.43. The Morgan fingerprint density at radius 2 is 1.77 bits per heavy atom. The van der Waals surface area contributed by atoms with Gasteiger partial charge in [0, 0.05) is 25.7 Å². The summed E-state index contributed by atoms with van der Waals surface area (Å²) in [5.74, 6) is -0.219. The largest absolute Gasteiger partial charge is 0.465 e. The van der Waals surface area contributed by atoms with E-state index in [0.29, 0.717) is 17.1 Å². The van der Waals surface area contributed by atoms with Crippen LogP contribution < -0.4 is 15.4 Å². The van der Waals surface area contributed by atoms with Gasteiger partial charge in [0.1, 0.15) is 0 Å². The van der Waals surface area contributed by atoms with Gasteiger partial charge in [0.25, 0.3) is 5.91 Å². The topological polar surface area (TPSA) is 117 Å². The van der Waals surface area contributed by atoms with E-state index in [0.717, 1.165) is 32.5 Å². The molecule has 1 aromatic heterocycles. The number of piperidine rings is 1. The Labute approximate surface area is 175 Å². The number of ether oxygens (including phenoxy) is 1. The molecule has 3 N–H and O–H groups in total. The van der Waals surface area contributed by atoms with E-state index >= 15 is 0 Å². The van der Waals surface area contributed by atoms with E-state index in [4.69, 9.17) is 9.84 Å². The van der Waals surface area contributed by atoms with Crippen LogP contribution in [0.5, 0.6) is 6.01 Å². The number of carbonyl (C=O) groups is 2. The van der Waals surface area contributed by atoms with Crippen molar-refractivity contribution in [2.24, 2.45) is 0 Å². The summed E-state index contributed by atoms with van der Waals surface area (Å²) in [7, 11) is 0. The number of aromatic nitrogens is 2. The van der Waals surface area contributed by atoms with Gasteiger partial charge in [-0.2, -0.15) is 9.97 Å². The first-order chi connectivity index (χ1) is 14.4. The number of aryl methyl sites for hydroxylation is 2. The van der Waals surface area contributed by atoms with Crippen LogP contribution in [0.25, 0.3) is 0 Å². The molecule has 2 heterocycles. The molecule has 2 aromatic rings. The summed E-state index contributed by atoms with van der Waals surface area (Å²) >= 11 is 0. The quantitative estimate of drug-likeness (QED) is 0.638. The van der Waals surface area contributed by atoms with Crippen molar-refractivity contribution in [3.63, 3.8) is 0 Å². The van der Waals surface area contributed by atoms with E-state index in [1.54, 1.807) is 13.8 Å². The fraction of sp³-hybridized carbons (Fsp3) is 0.429. The van der Waals surface area contributed by atoms with Gasteiger partial charge in [-0.05, 0) is 32.3 Å². The van der Waals surface area contributed by atoms with Crippen LogP contribution in [0, 0.1) is 13.8 Å². The van der Waals surface area contributed by atoms with E-state index < -0.39 is 6.09 Å². The number of carbonyl (C=O) groups excluding carboxylic acids is 1. The third-order valence-electron chi connectivity index (χ3n) is 5.02. The minimum Gasteiger partial charge on any atom is -0.465 e. The molecule has 0 aliphatic carbocycles. The van der Waals surface area contributed by atoms with E-state index in [-0.39, 0.29) is 24.6 Å². The van der Waals surface area contributed by atoms with Crippen molar-refractivity contribution in [3.05, 3.63) is 47.3 Å². The second kappa shape index (κ2) is 10.0. The Morgan fingerprint density at radius 3 is 2.37 bits per heavy atom. The summed E-state index contributed by atoms with van der Waals surface area (Å²) in [5, 5.41) is 14.1. The van der Waals surface area contributed by atoms with Crippen molar-refractivity contribution >= 4 is 17.7 Å². The lowest BCUT2D eigenvalue weighted by molar-refractivity contribution is -0.124. The minimum atomic E-state index is -1.19. The standard InChI is InChI=1S/C21H27N5O4/c1-14-19(25-21(28)29)15(2)23-20(22-14)30-13-18(27)24-17-8-10-26(11-9-17)12-16-6-4-3-5-7-16/h3-7,17,25H,8-13H2,1-2H3,(H,24,27)(H,28,29). The van der Waals surface area contributed by atoms with Crippen LogP contribution in [-0.4, -0.2) is 57.7 Å². The number of nitrogens with one attached hydrogen (secondary N) is 2. The number of likely N-dealkylation sites (tertiary alicyclic amines) is 1. The number of amides is 2. The number of nitrogens with zero attached hydrogens (tertiary/aromatic N) is 3. The van der Waals surface area contributed by atoms with Gasteiger partial charge in [-0.25, -0.2) is 4.79 Å². The first kappa shape index (κ1) is 21.5. The molecule has 1 aliphatic heterocycles.